The fourth-order valence-corrected chi connectivity index (χ4v) is 5.42. The molecule has 26 heavy (non-hydrogen) atoms. The third-order valence-corrected chi connectivity index (χ3v) is 6.81. The van der Waals surface area contributed by atoms with Crippen molar-refractivity contribution in [2.45, 2.75) is 10.9 Å². The van der Waals surface area contributed by atoms with Crippen LogP contribution < -0.4 is 4.31 Å². The molecular weight excluding hydrogens is 358 g/mol. The van der Waals surface area contributed by atoms with Crippen molar-refractivity contribution in [1.29, 1.82) is 0 Å². The highest BCUT2D eigenvalue weighted by atomic mass is 32.2. The molecule has 2 aromatic rings. The summed E-state index contributed by atoms with van der Waals surface area (Å²) in [6.45, 7) is -0.0285. The van der Waals surface area contributed by atoms with E-state index in [4.69, 9.17) is 0 Å². The van der Waals surface area contributed by atoms with Crippen molar-refractivity contribution in [2.24, 2.45) is 5.92 Å². The molecular formula is C17H15N3O5S. The van der Waals surface area contributed by atoms with Crippen LogP contribution in [-0.4, -0.2) is 37.7 Å². The molecule has 2 aliphatic heterocycles. The molecule has 2 aliphatic rings. The van der Waals surface area contributed by atoms with E-state index >= 15 is 0 Å². The van der Waals surface area contributed by atoms with E-state index in [0.717, 1.165) is 15.9 Å². The molecule has 0 unspecified atom stereocenters. The van der Waals surface area contributed by atoms with Crippen molar-refractivity contribution in [3.63, 3.8) is 0 Å². The number of carbonyl (C=O) groups excluding carboxylic acids is 1. The average molecular weight is 373 g/mol. The van der Waals surface area contributed by atoms with Gasteiger partial charge in [0, 0.05) is 19.7 Å². The number of amides is 1. The fourth-order valence-electron chi connectivity index (χ4n) is 3.74. The zero-order valence-electron chi connectivity index (χ0n) is 13.8. The van der Waals surface area contributed by atoms with Gasteiger partial charge in [-0.15, -0.1) is 0 Å². The second-order valence-corrected chi connectivity index (χ2v) is 8.15. The van der Waals surface area contributed by atoms with Crippen LogP contribution in [-0.2, 0) is 14.8 Å². The van der Waals surface area contributed by atoms with Gasteiger partial charge in [0.1, 0.15) is 0 Å². The molecule has 134 valence electrons. The minimum Gasteiger partial charge on any atom is -0.337 e. The Morgan fingerprint density at radius 2 is 1.77 bits per heavy atom. The van der Waals surface area contributed by atoms with E-state index in [1.165, 1.54) is 18.2 Å². The lowest BCUT2D eigenvalue weighted by molar-refractivity contribution is -0.387. The molecule has 0 spiro atoms. The molecule has 0 N–H and O–H groups in total. The minimum absolute atomic E-state index is 0.0285. The number of nitro groups is 1. The quantitative estimate of drug-likeness (QED) is 0.465. The first-order valence-corrected chi connectivity index (χ1v) is 9.40. The Balaban J connectivity index is 1.88. The largest absolute Gasteiger partial charge is 0.337 e. The van der Waals surface area contributed by atoms with Crippen LogP contribution in [0.4, 0.5) is 11.4 Å². The summed E-state index contributed by atoms with van der Waals surface area (Å²) in [6.07, 6.45) is 0. The van der Waals surface area contributed by atoms with Crippen LogP contribution in [0.3, 0.4) is 0 Å². The smallest absolute Gasteiger partial charge is 0.289 e. The van der Waals surface area contributed by atoms with E-state index in [0.29, 0.717) is 5.69 Å². The number of likely N-dealkylation sites (tertiary alicyclic amines) is 1. The van der Waals surface area contributed by atoms with Gasteiger partial charge in [0.15, 0.2) is 4.90 Å². The molecule has 2 aromatic carbocycles. The summed E-state index contributed by atoms with van der Waals surface area (Å²) in [7, 11) is -2.51. The normalized spacial score (nSPS) is 21.7. The summed E-state index contributed by atoms with van der Waals surface area (Å²) in [5.41, 5.74) is 0.698. The number of carbonyl (C=O) groups is 1. The van der Waals surface area contributed by atoms with E-state index in [-0.39, 0.29) is 23.4 Å². The van der Waals surface area contributed by atoms with Crippen LogP contribution >= 0.6 is 0 Å². The van der Waals surface area contributed by atoms with Gasteiger partial charge in [-0.3, -0.25) is 19.2 Å². The Bertz CT molecular complexity index is 1040. The molecule has 1 saturated heterocycles. The molecule has 0 aliphatic carbocycles. The van der Waals surface area contributed by atoms with Gasteiger partial charge in [0.05, 0.1) is 22.6 Å². The van der Waals surface area contributed by atoms with Gasteiger partial charge in [-0.25, -0.2) is 8.42 Å². The van der Waals surface area contributed by atoms with Gasteiger partial charge in [-0.2, -0.15) is 0 Å². The second kappa shape index (κ2) is 5.53. The number of rotatable bonds is 3. The Hall–Kier alpha value is -2.94. The van der Waals surface area contributed by atoms with Gasteiger partial charge >= 0.3 is 0 Å². The Labute approximate surface area is 149 Å². The van der Waals surface area contributed by atoms with Crippen molar-refractivity contribution in [3.05, 3.63) is 64.2 Å². The third kappa shape index (κ3) is 2.13. The maximum absolute atomic E-state index is 13.2. The molecule has 9 heteroatoms. The van der Waals surface area contributed by atoms with Crippen LogP contribution in [0.2, 0.25) is 0 Å². The van der Waals surface area contributed by atoms with Gasteiger partial charge in [-0.05, 0) is 17.7 Å². The van der Waals surface area contributed by atoms with Crippen molar-refractivity contribution in [2.75, 3.05) is 17.9 Å². The highest BCUT2D eigenvalue weighted by Gasteiger charge is 2.52. The molecule has 8 nitrogen and oxygen atoms in total. The fraction of sp³-hybridized carbons (Fsp3) is 0.235. The van der Waals surface area contributed by atoms with Crippen molar-refractivity contribution >= 4 is 27.3 Å². The first-order valence-electron chi connectivity index (χ1n) is 7.96. The monoisotopic (exact) mass is 373 g/mol. The predicted molar refractivity (Wildman–Crippen MR) is 93.1 cm³/mol. The highest BCUT2D eigenvalue weighted by Crippen LogP contribution is 2.48. The lowest BCUT2D eigenvalue weighted by Gasteiger charge is -2.51. The van der Waals surface area contributed by atoms with Crippen LogP contribution in [0.25, 0.3) is 0 Å². The Kier molecular flexibility index (Phi) is 3.52. The predicted octanol–water partition coefficient (Wildman–Crippen LogP) is 1.93. The number of fused-ring (bicyclic) bond motifs is 3. The number of benzene rings is 2. The molecule has 1 amide bonds. The summed E-state index contributed by atoms with van der Waals surface area (Å²) < 4.78 is 27.6. The van der Waals surface area contributed by atoms with E-state index in [1.807, 2.05) is 0 Å². The maximum atomic E-state index is 13.2. The van der Waals surface area contributed by atoms with Crippen LogP contribution in [0.1, 0.15) is 11.6 Å². The number of para-hydroxylation sites is 2. The number of sulfonamides is 1. The van der Waals surface area contributed by atoms with Crippen molar-refractivity contribution < 1.29 is 18.1 Å². The summed E-state index contributed by atoms with van der Waals surface area (Å²) in [6, 6.07) is 12.0. The van der Waals surface area contributed by atoms with Crippen LogP contribution in [0, 0.1) is 16.0 Å². The molecule has 2 heterocycles. The standard InChI is InChI=1S/C17H15N3O5S/c1-18-16-11-6-2-3-7-13(11)19(10-12(16)17(18)21)26(24,25)15-9-5-4-8-14(15)20(22)23/h2-9,12,16H,10H2,1H3/t12-,16+/m0/s1. The van der Waals surface area contributed by atoms with Gasteiger partial charge in [0.25, 0.3) is 15.7 Å². The molecule has 4 rings (SSSR count). The van der Waals surface area contributed by atoms with E-state index in [2.05, 4.69) is 0 Å². The molecule has 0 aromatic heterocycles. The van der Waals surface area contributed by atoms with Gasteiger partial charge < -0.3 is 4.90 Å². The number of nitro benzene ring substituents is 1. The van der Waals surface area contributed by atoms with Crippen molar-refractivity contribution in [3.8, 4) is 0 Å². The Morgan fingerprint density at radius 1 is 1.12 bits per heavy atom. The summed E-state index contributed by atoms with van der Waals surface area (Å²) in [4.78, 5) is 24.0. The maximum Gasteiger partial charge on any atom is 0.289 e. The second-order valence-electron chi connectivity index (χ2n) is 6.32. The number of anilines is 1. The van der Waals surface area contributed by atoms with E-state index in [1.54, 1.807) is 36.2 Å². The third-order valence-electron chi connectivity index (χ3n) is 4.98. The number of β-lactam (4-membered cyclic amide) rings is 1. The number of hydrogen-bond acceptors (Lipinski definition) is 5. The molecule has 0 bridgehead atoms. The lowest BCUT2D eigenvalue weighted by atomic mass is 9.79. The first-order chi connectivity index (χ1) is 12.3. The van der Waals surface area contributed by atoms with Gasteiger partial charge in [-0.1, -0.05) is 30.3 Å². The number of nitrogens with zero attached hydrogens (tertiary/aromatic N) is 3. The summed E-state index contributed by atoms with van der Waals surface area (Å²) in [5, 5.41) is 11.3. The molecule has 1 fully saturated rings. The first kappa shape index (κ1) is 16.5. The zero-order valence-corrected chi connectivity index (χ0v) is 14.6. The van der Waals surface area contributed by atoms with Crippen LogP contribution in [0.5, 0.6) is 0 Å². The summed E-state index contributed by atoms with van der Waals surface area (Å²) in [5.74, 6) is -0.611. The number of hydrogen-bond donors (Lipinski definition) is 0. The topological polar surface area (TPSA) is 101 Å². The highest BCUT2D eigenvalue weighted by molar-refractivity contribution is 7.93. The molecule has 2 atom stereocenters. The SMILES string of the molecule is CN1C(=O)[C@H]2CN(S(=O)(=O)c3ccccc3[N+](=O)[O-])c3ccccc3[C@H]21. The molecule has 0 radical (unpaired) electrons. The van der Waals surface area contributed by atoms with E-state index in [9.17, 15) is 23.3 Å². The zero-order chi connectivity index (χ0) is 18.6. The average Bonchev–Trinajstić information content (AvgIpc) is 2.65. The van der Waals surface area contributed by atoms with Crippen molar-refractivity contribution in [1.82, 2.24) is 4.90 Å². The Morgan fingerprint density at radius 3 is 2.50 bits per heavy atom. The minimum atomic E-state index is -4.19. The molecule has 0 saturated carbocycles. The van der Waals surface area contributed by atoms with E-state index < -0.39 is 26.6 Å². The van der Waals surface area contributed by atoms with Gasteiger partial charge in [0.2, 0.25) is 5.91 Å². The summed E-state index contributed by atoms with van der Waals surface area (Å²) >= 11 is 0. The van der Waals surface area contributed by atoms with Crippen LogP contribution in [0.15, 0.2) is 53.4 Å². The lowest BCUT2D eigenvalue weighted by Crippen LogP contribution is -2.60.